The predicted molar refractivity (Wildman–Crippen MR) is 104 cm³/mol. The van der Waals surface area contributed by atoms with E-state index in [-0.39, 0.29) is 17.9 Å². The first kappa shape index (κ1) is 20.4. The average molecular weight is 388 g/mol. The summed E-state index contributed by atoms with van der Waals surface area (Å²) >= 11 is 0. The molecule has 28 heavy (non-hydrogen) atoms. The van der Waals surface area contributed by atoms with Gasteiger partial charge < -0.3 is 24.0 Å². The lowest BCUT2D eigenvalue weighted by Gasteiger charge is -2.48. The van der Waals surface area contributed by atoms with Crippen molar-refractivity contribution in [3.8, 4) is 5.75 Å². The van der Waals surface area contributed by atoms with Crippen LogP contribution >= 0.6 is 0 Å². The van der Waals surface area contributed by atoms with E-state index < -0.39 is 6.10 Å². The number of amides is 2. The standard InChI is InChI=1S/C21H28N2O5/c1-26-13-10-18(24)22-11-8-16(9-12-22)19-20(28-3)21(25)23(19)14-15-4-6-17(27-2)7-5-15/h4-8,19-20H,9-14H2,1-3H3/t19-,20+/m0/s1. The molecule has 3 rings (SSSR count). The highest BCUT2D eigenvalue weighted by molar-refractivity contribution is 5.89. The Kier molecular flexibility index (Phi) is 6.70. The lowest BCUT2D eigenvalue weighted by Crippen LogP contribution is -2.66. The van der Waals surface area contributed by atoms with Crippen LogP contribution in [0.15, 0.2) is 35.9 Å². The first-order valence-electron chi connectivity index (χ1n) is 9.51. The monoisotopic (exact) mass is 388 g/mol. The molecule has 0 aliphatic carbocycles. The number of carbonyl (C=O) groups is 2. The molecule has 2 aliphatic rings. The van der Waals surface area contributed by atoms with Gasteiger partial charge in [-0.25, -0.2) is 0 Å². The van der Waals surface area contributed by atoms with E-state index in [4.69, 9.17) is 14.2 Å². The maximum Gasteiger partial charge on any atom is 0.255 e. The first-order chi connectivity index (χ1) is 13.6. The summed E-state index contributed by atoms with van der Waals surface area (Å²) in [5, 5.41) is 0. The second-order valence-electron chi connectivity index (χ2n) is 7.03. The largest absolute Gasteiger partial charge is 0.497 e. The summed E-state index contributed by atoms with van der Waals surface area (Å²) in [5.74, 6) is 0.890. The lowest BCUT2D eigenvalue weighted by molar-refractivity contribution is -0.168. The number of carbonyl (C=O) groups excluding carboxylic acids is 2. The molecular weight excluding hydrogens is 360 g/mol. The van der Waals surface area contributed by atoms with Crippen molar-refractivity contribution in [2.75, 3.05) is 41.0 Å². The minimum Gasteiger partial charge on any atom is -0.497 e. The number of methoxy groups -OCH3 is 3. The van der Waals surface area contributed by atoms with Gasteiger partial charge in [0, 0.05) is 33.9 Å². The number of likely N-dealkylation sites (tertiary alicyclic amines) is 1. The minimum absolute atomic E-state index is 0.00261. The molecule has 2 heterocycles. The van der Waals surface area contributed by atoms with Crippen molar-refractivity contribution < 1.29 is 23.8 Å². The summed E-state index contributed by atoms with van der Waals surface area (Å²) in [5.41, 5.74) is 2.21. The SMILES string of the molecule is COCCC(=O)N1CC=C([C@H]2[C@@H](OC)C(=O)N2Cc2ccc(OC)cc2)CC1. The first-order valence-corrected chi connectivity index (χ1v) is 9.51. The zero-order chi connectivity index (χ0) is 20.1. The van der Waals surface area contributed by atoms with Crippen LogP contribution in [0.25, 0.3) is 0 Å². The Morgan fingerprint density at radius 1 is 1.18 bits per heavy atom. The van der Waals surface area contributed by atoms with Gasteiger partial charge in [-0.15, -0.1) is 0 Å². The maximum atomic E-state index is 12.5. The van der Waals surface area contributed by atoms with E-state index in [2.05, 4.69) is 6.08 Å². The molecule has 1 aromatic carbocycles. The summed E-state index contributed by atoms with van der Waals surface area (Å²) < 4.78 is 15.6. The van der Waals surface area contributed by atoms with Gasteiger partial charge in [-0.3, -0.25) is 9.59 Å². The number of hydrogen-bond donors (Lipinski definition) is 0. The fraction of sp³-hybridized carbons (Fsp3) is 0.524. The Hall–Kier alpha value is -2.38. The highest BCUT2D eigenvalue weighted by Crippen LogP contribution is 2.33. The van der Waals surface area contributed by atoms with E-state index in [0.29, 0.717) is 32.7 Å². The maximum absolute atomic E-state index is 12.5. The average Bonchev–Trinajstić information content (AvgIpc) is 2.74. The van der Waals surface area contributed by atoms with Crippen molar-refractivity contribution in [2.45, 2.75) is 31.5 Å². The van der Waals surface area contributed by atoms with Gasteiger partial charge in [0.15, 0.2) is 6.10 Å². The van der Waals surface area contributed by atoms with E-state index in [9.17, 15) is 9.59 Å². The summed E-state index contributed by atoms with van der Waals surface area (Å²) in [4.78, 5) is 28.4. The quantitative estimate of drug-likeness (QED) is 0.500. The summed E-state index contributed by atoms with van der Waals surface area (Å²) in [6.07, 6.45) is 2.76. The summed E-state index contributed by atoms with van der Waals surface area (Å²) in [6, 6.07) is 7.65. The molecule has 152 valence electrons. The number of nitrogens with zero attached hydrogens (tertiary/aromatic N) is 2. The highest BCUT2D eigenvalue weighted by Gasteiger charge is 2.49. The third kappa shape index (κ3) is 4.20. The van der Waals surface area contributed by atoms with Crippen LogP contribution in [-0.2, 0) is 25.6 Å². The molecule has 7 heteroatoms. The van der Waals surface area contributed by atoms with Crippen molar-refractivity contribution in [1.29, 1.82) is 0 Å². The fourth-order valence-corrected chi connectivity index (χ4v) is 3.77. The minimum atomic E-state index is -0.444. The molecule has 1 saturated heterocycles. The van der Waals surface area contributed by atoms with Crippen molar-refractivity contribution in [3.63, 3.8) is 0 Å². The van der Waals surface area contributed by atoms with Crippen LogP contribution in [0.5, 0.6) is 5.75 Å². The molecule has 2 atom stereocenters. The molecular formula is C21H28N2O5. The van der Waals surface area contributed by atoms with Crippen molar-refractivity contribution in [2.24, 2.45) is 0 Å². The van der Waals surface area contributed by atoms with Crippen molar-refractivity contribution in [1.82, 2.24) is 9.80 Å². The second kappa shape index (κ2) is 9.21. The zero-order valence-corrected chi connectivity index (χ0v) is 16.7. The zero-order valence-electron chi connectivity index (χ0n) is 16.7. The third-order valence-electron chi connectivity index (χ3n) is 5.41. The van der Waals surface area contributed by atoms with E-state index in [1.54, 1.807) is 21.3 Å². The number of hydrogen-bond acceptors (Lipinski definition) is 5. The predicted octanol–water partition coefficient (Wildman–Crippen LogP) is 1.62. The molecule has 2 aliphatic heterocycles. The van der Waals surface area contributed by atoms with Gasteiger partial charge in [-0.05, 0) is 29.7 Å². The van der Waals surface area contributed by atoms with Gasteiger partial charge in [-0.2, -0.15) is 0 Å². The number of β-lactam (4-membered cyclic amide) rings is 1. The van der Waals surface area contributed by atoms with Crippen LogP contribution < -0.4 is 4.74 Å². The molecule has 1 aromatic rings. The van der Waals surface area contributed by atoms with E-state index in [0.717, 1.165) is 23.3 Å². The molecule has 0 aromatic heterocycles. The second-order valence-corrected chi connectivity index (χ2v) is 7.03. The number of benzene rings is 1. The Balaban J connectivity index is 1.67. The van der Waals surface area contributed by atoms with Crippen molar-refractivity contribution >= 4 is 11.8 Å². The molecule has 0 N–H and O–H groups in total. The number of ether oxygens (including phenoxy) is 3. The van der Waals surface area contributed by atoms with Crippen LogP contribution in [0.4, 0.5) is 0 Å². The van der Waals surface area contributed by atoms with Gasteiger partial charge in [0.05, 0.1) is 26.2 Å². The molecule has 1 fully saturated rings. The van der Waals surface area contributed by atoms with Crippen LogP contribution in [0.3, 0.4) is 0 Å². The molecule has 7 nitrogen and oxygen atoms in total. The molecule has 0 spiro atoms. The van der Waals surface area contributed by atoms with Crippen LogP contribution in [-0.4, -0.2) is 74.8 Å². The lowest BCUT2D eigenvalue weighted by atomic mass is 9.86. The van der Waals surface area contributed by atoms with Gasteiger partial charge in [0.1, 0.15) is 5.75 Å². The van der Waals surface area contributed by atoms with Crippen LogP contribution in [0.1, 0.15) is 18.4 Å². The number of rotatable bonds is 8. The Morgan fingerprint density at radius 3 is 2.50 bits per heavy atom. The van der Waals surface area contributed by atoms with E-state index >= 15 is 0 Å². The molecule has 0 unspecified atom stereocenters. The third-order valence-corrected chi connectivity index (χ3v) is 5.41. The molecule has 0 saturated carbocycles. The van der Waals surface area contributed by atoms with Crippen molar-refractivity contribution in [3.05, 3.63) is 41.5 Å². The normalized spacial score (nSPS) is 22.0. The summed E-state index contributed by atoms with van der Waals surface area (Å²) in [7, 11) is 4.80. The van der Waals surface area contributed by atoms with Gasteiger partial charge in [-0.1, -0.05) is 18.2 Å². The Bertz CT molecular complexity index is 731. The Labute approximate surface area is 165 Å². The molecule has 2 amide bonds. The van der Waals surface area contributed by atoms with Crippen LogP contribution in [0, 0.1) is 0 Å². The van der Waals surface area contributed by atoms with Crippen LogP contribution in [0.2, 0.25) is 0 Å². The molecule has 0 radical (unpaired) electrons. The highest BCUT2D eigenvalue weighted by atomic mass is 16.5. The molecule has 0 bridgehead atoms. The topological polar surface area (TPSA) is 68.3 Å². The Morgan fingerprint density at radius 2 is 1.93 bits per heavy atom. The van der Waals surface area contributed by atoms with Gasteiger partial charge >= 0.3 is 0 Å². The van der Waals surface area contributed by atoms with Gasteiger partial charge in [0.25, 0.3) is 5.91 Å². The van der Waals surface area contributed by atoms with E-state index in [1.807, 2.05) is 34.1 Å². The smallest absolute Gasteiger partial charge is 0.255 e. The fourth-order valence-electron chi connectivity index (χ4n) is 3.77. The van der Waals surface area contributed by atoms with Gasteiger partial charge in [0.2, 0.25) is 5.91 Å². The van der Waals surface area contributed by atoms with E-state index in [1.165, 1.54) is 0 Å². The summed E-state index contributed by atoms with van der Waals surface area (Å²) in [6.45, 7) is 2.19.